The average Bonchev–Trinajstić information content (AvgIpc) is 2.37. The highest BCUT2D eigenvalue weighted by atomic mass is 31.0. The minimum absolute atomic E-state index is 0.939. The van der Waals surface area contributed by atoms with Gasteiger partial charge in [0.15, 0.2) is 0 Å². The van der Waals surface area contributed by atoms with Gasteiger partial charge in [0.05, 0.1) is 11.4 Å². The van der Waals surface area contributed by atoms with Gasteiger partial charge in [-0.1, -0.05) is 5.80 Å². The lowest BCUT2D eigenvalue weighted by atomic mass is 10.1. The molecule has 3 heteroatoms. The Morgan fingerprint density at radius 3 is 2.53 bits per heavy atom. The van der Waals surface area contributed by atoms with E-state index in [2.05, 4.69) is 44.0 Å². The summed E-state index contributed by atoms with van der Waals surface area (Å²) in [6.07, 6.45) is 5.71. The molecule has 0 unspecified atom stereocenters. The smallest absolute Gasteiger partial charge is 0.0888 e. The van der Waals surface area contributed by atoms with Crippen LogP contribution in [0, 0.1) is 6.92 Å². The lowest BCUT2D eigenvalue weighted by Crippen LogP contribution is -1.91. The summed E-state index contributed by atoms with van der Waals surface area (Å²) >= 11 is 0. The summed E-state index contributed by atoms with van der Waals surface area (Å²) in [5, 5.41) is 0. The summed E-state index contributed by atoms with van der Waals surface area (Å²) in [6, 6.07) is 8.21. The van der Waals surface area contributed by atoms with Crippen molar-refractivity contribution in [3.05, 3.63) is 47.8 Å². The van der Waals surface area contributed by atoms with Crippen molar-refractivity contribution in [2.24, 2.45) is 0 Å². The zero-order valence-corrected chi connectivity index (χ0v) is 10.9. The molecule has 17 heavy (non-hydrogen) atoms. The third-order valence-corrected chi connectivity index (χ3v) is 2.87. The number of aromatic nitrogens is 2. The Kier molecular flexibility index (Phi) is 4.00. The molecule has 0 amide bonds. The van der Waals surface area contributed by atoms with E-state index < -0.39 is 0 Å². The van der Waals surface area contributed by atoms with Gasteiger partial charge >= 0.3 is 0 Å². The van der Waals surface area contributed by atoms with E-state index in [1.165, 1.54) is 11.1 Å². The standard InChI is InChI=1S/C14H15N2P/c1-11-4-6-15-13(9-11)14-10-12(3-2-8-17)5-7-16-14/h4-10,17H,2-3H2,1H3. The van der Waals surface area contributed by atoms with Gasteiger partial charge in [-0.2, -0.15) is 0 Å². The predicted octanol–water partition coefficient (Wildman–Crippen LogP) is 3.33. The Hall–Kier alpha value is -1.53. The molecule has 2 heterocycles. The molecule has 2 aromatic heterocycles. The van der Waals surface area contributed by atoms with Gasteiger partial charge in [0.2, 0.25) is 0 Å². The van der Waals surface area contributed by atoms with E-state index >= 15 is 0 Å². The van der Waals surface area contributed by atoms with Crippen molar-refractivity contribution in [3.63, 3.8) is 0 Å². The molecule has 0 aliphatic heterocycles. The number of hydrogen-bond acceptors (Lipinski definition) is 2. The van der Waals surface area contributed by atoms with Crippen molar-refractivity contribution in [1.82, 2.24) is 9.97 Å². The summed E-state index contributed by atoms with van der Waals surface area (Å²) in [5.74, 6) is 1.99. The maximum absolute atomic E-state index is 4.37. The van der Waals surface area contributed by atoms with E-state index in [0.29, 0.717) is 0 Å². The highest BCUT2D eigenvalue weighted by Crippen LogP contribution is 2.16. The first-order chi connectivity index (χ1) is 8.29. The minimum atomic E-state index is 0.939. The fourth-order valence-corrected chi connectivity index (χ4v) is 1.83. The molecule has 0 aromatic carbocycles. The van der Waals surface area contributed by atoms with E-state index in [0.717, 1.165) is 24.2 Å². The van der Waals surface area contributed by atoms with Crippen molar-refractivity contribution in [2.75, 3.05) is 0 Å². The fraction of sp³-hybridized carbons (Fsp3) is 0.214. The number of hydrogen-bond donors (Lipinski definition) is 0. The first-order valence-electron chi connectivity index (χ1n) is 5.66. The molecule has 2 nitrogen and oxygen atoms in total. The van der Waals surface area contributed by atoms with Crippen molar-refractivity contribution < 1.29 is 0 Å². The molecule has 0 saturated carbocycles. The fourth-order valence-electron chi connectivity index (χ4n) is 1.68. The van der Waals surface area contributed by atoms with Crippen LogP contribution in [-0.2, 0) is 6.42 Å². The van der Waals surface area contributed by atoms with Gasteiger partial charge in [-0.25, -0.2) is 0 Å². The van der Waals surface area contributed by atoms with Crippen molar-refractivity contribution in [2.45, 2.75) is 19.8 Å². The summed E-state index contributed by atoms with van der Waals surface area (Å²) in [7, 11) is 3.37. The maximum Gasteiger partial charge on any atom is 0.0888 e. The monoisotopic (exact) mass is 242 g/mol. The van der Waals surface area contributed by atoms with Crippen LogP contribution in [0.25, 0.3) is 11.4 Å². The molecule has 0 aliphatic rings. The van der Waals surface area contributed by atoms with Crippen LogP contribution < -0.4 is 0 Å². The number of aryl methyl sites for hydroxylation is 2. The molecular weight excluding hydrogens is 227 g/mol. The van der Waals surface area contributed by atoms with Crippen LogP contribution in [0.2, 0.25) is 0 Å². The van der Waals surface area contributed by atoms with E-state index in [9.17, 15) is 0 Å². The Morgan fingerprint density at radius 2 is 1.82 bits per heavy atom. The third kappa shape index (κ3) is 3.21. The molecule has 0 N–H and O–H groups in total. The zero-order valence-electron chi connectivity index (χ0n) is 9.85. The van der Waals surface area contributed by atoms with Crippen LogP contribution in [0.1, 0.15) is 17.5 Å². The second kappa shape index (κ2) is 5.70. The Labute approximate surface area is 104 Å². The zero-order chi connectivity index (χ0) is 12.1. The predicted molar refractivity (Wildman–Crippen MR) is 74.9 cm³/mol. The van der Waals surface area contributed by atoms with Crippen LogP contribution in [0.4, 0.5) is 0 Å². The van der Waals surface area contributed by atoms with Gasteiger partial charge < -0.3 is 0 Å². The summed E-state index contributed by atoms with van der Waals surface area (Å²) in [5.41, 5.74) is 4.37. The van der Waals surface area contributed by atoms with Crippen molar-refractivity contribution >= 4 is 14.7 Å². The molecule has 0 saturated heterocycles. The summed E-state index contributed by atoms with van der Waals surface area (Å²) in [4.78, 5) is 8.73. The lowest BCUT2D eigenvalue weighted by Gasteiger charge is -2.03. The number of nitrogens with zero attached hydrogens (tertiary/aromatic N) is 2. The van der Waals surface area contributed by atoms with Gasteiger partial charge in [-0.05, 0) is 55.2 Å². The SMILES string of the molecule is Cc1ccnc(-c2cc(CCC=P)ccn2)c1. The van der Waals surface area contributed by atoms with E-state index in [1.54, 1.807) is 0 Å². The Bertz CT molecular complexity index is 523. The Morgan fingerprint density at radius 1 is 1.12 bits per heavy atom. The van der Waals surface area contributed by atoms with Gasteiger partial charge in [0, 0.05) is 12.4 Å². The van der Waals surface area contributed by atoms with Crippen LogP contribution in [-0.4, -0.2) is 15.8 Å². The van der Waals surface area contributed by atoms with Gasteiger partial charge in [-0.15, -0.1) is 8.86 Å². The van der Waals surface area contributed by atoms with Crippen LogP contribution in [0.15, 0.2) is 36.7 Å². The molecule has 0 radical (unpaired) electrons. The molecule has 2 rings (SSSR count). The number of pyridine rings is 2. The molecule has 0 fully saturated rings. The molecule has 0 atom stereocenters. The molecule has 86 valence electrons. The normalized spacial score (nSPS) is 10.2. The quantitative estimate of drug-likeness (QED) is 0.768. The van der Waals surface area contributed by atoms with Crippen molar-refractivity contribution in [3.8, 4) is 11.4 Å². The summed E-state index contributed by atoms with van der Waals surface area (Å²) in [6.45, 7) is 2.06. The second-order valence-corrected chi connectivity index (χ2v) is 4.42. The first kappa shape index (κ1) is 11.9. The van der Waals surface area contributed by atoms with E-state index in [1.807, 2.05) is 24.3 Å². The largest absolute Gasteiger partial charge is 0.255 e. The highest BCUT2D eigenvalue weighted by molar-refractivity contribution is 7.18. The molecule has 0 aliphatic carbocycles. The highest BCUT2D eigenvalue weighted by Gasteiger charge is 2.02. The molecule has 2 aromatic rings. The lowest BCUT2D eigenvalue weighted by molar-refractivity contribution is 1.05. The average molecular weight is 242 g/mol. The first-order valence-corrected chi connectivity index (χ1v) is 6.24. The third-order valence-electron chi connectivity index (χ3n) is 2.58. The van der Waals surface area contributed by atoms with Gasteiger partial charge in [-0.3, -0.25) is 9.97 Å². The minimum Gasteiger partial charge on any atom is -0.255 e. The Balaban J connectivity index is 2.29. The van der Waals surface area contributed by atoms with Crippen molar-refractivity contribution in [1.29, 1.82) is 0 Å². The molecule has 0 bridgehead atoms. The van der Waals surface area contributed by atoms with Gasteiger partial charge in [0.25, 0.3) is 0 Å². The van der Waals surface area contributed by atoms with E-state index in [4.69, 9.17) is 0 Å². The molecular formula is C14H15N2P. The summed E-state index contributed by atoms with van der Waals surface area (Å²) < 4.78 is 0. The number of rotatable bonds is 4. The van der Waals surface area contributed by atoms with Gasteiger partial charge in [0.1, 0.15) is 0 Å². The van der Waals surface area contributed by atoms with Crippen LogP contribution in [0.5, 0.6) is 0 Å². The topological polar surface area (TPSA) is 25.8 Å². The van der Waals surface area contributed by atoms with Crippen LogP contribution in [0.3, 0.4) is 0 Å². The second-order valence-electron chi connectivity index (χ2n) is 4.01. The van der Waals surface area contributed by atoms with Crippen LogP contribution >= 0.6 is 8.86 Å². The molecule has 0 spiro atoms. The van der Waals surface area contributed by atoms with E-state index in [-0.39, 0.29) is 0 Å². The maximum atomic E-state index is 4.37.